The van der Waals surface area contributed by atoms with Crippen LogP contribution >= 0.6 is 11.6 Å². The zero-order valence-corrected chi connectivity index (χ0v) is 23.3. The van der Waals surface area contributed by atoms with Crippen LogP contribution in [-0.4, -0.2) is 23.9 Å². The number of rotatable bonds is 8. The smallest absolute Gasteiger partial charge is 0.265 e. The molecule has 1 N–H and O–H groups in total. The summed E-state index contributed by atoms with van der Waals surface area (Å²) in [4.78, 5) is 17.6. The molecule has 0 spiro atoms. The topological polar surface area (TPSA) is 81.1 Å². The van der Waals surface area contributed by atoms with Crippen molar-refractivity contribution in [1.82, 2.24) is 14.3 Å². The number of nitrogens with one attached hydrogen (secondary N) is 1. The number of hydrogen-bond acceptors (Lipinski definition) is 4. The summed E-state index contributed by atoms with van der Waals surface area (Å²) in [5, 5.41) is 0.610. The van der Waals surface area contributed by atoms with Crippen molar-refractivity contribution in [2.45, 2.75) is 18.4 Å². The molecule has 1 aromatic heterocycles. The average Bonchev–Trinajstić information content (AvgIpc) is 3.27. The molecule has 0 saturated carbocycles. The van der Waals surface area contributed by atoms with E-state index in [-0.39, 0.29) is 10.5 Å². The molecule has 5 aromatic rings. The fourth-order valence-corrected chi connectivity index (χ4v) is 5.55. The minimum atomic E-state index is -4.05. The first-order chi connectivity index (χ1) is 19.2. The molecule has 40 heavy (non-hydrogen) atoms. The third-order valence-electron chi connectivity index (χ3n) is 6.53. The lowest BCUT2D eigenvalue weighted by Gasteiger charge is -2.11. The molecule has 0 atom stereocenters. The van der Waals surface area contributed by atoms with E-state index in [0.29, 0.717) is 22.6 Å². The van der Waals surface area contributed by atoms with Crippen LogP contribution in [0.5, 0.6) is 0 Å². The number of nitrogens with zero attached hydrogens (tertiary/aromatic N) is 2. The number of carbonyl (C=O) groups excluding carboxylic acids is 1. The number of sulfonamides is 1. The second kappa shape index (κ2) is 11.3. The Hall–Kier alpha value is -4.46. The molecule has 0 fully saturated rings. The van der Waals surface area contributed by atoms with Crippen LogP contribution in [0.4, 0.5) is 0 Å². The summed E-state index contributed by atoms with van der Waals surface area (Å²) in [7, 11) is -4.05. The quantitative estimate of drug-likeness (QED) is 0.205. The van der Waals surface area contributed by atoms with Crippen LogP contribution in [0.25, 0.3) is 29.3 Å². The predicted molar refractivity (Wildman–Crippen MR) is 162 cm³/mol. The highest BCUT2D eigenvalue weighted by Crippen LogP contribution is 2.25. The first kappa shape index (κ1) is 27.1. The Morgan fingerprint density at radius 1 is 0.925 bits per heavy atom. The lowest BCUT2D eigenvalue weighted by Crippen LogP contribution is -2.30. The number of aryl methyl sites for hydroxylation is 1. The van der Waals surface area contributed by atoms with Gasteiger partial charge in [0.1, 0.15) is 5.82 Å². The van der Waals surface area contributed by atoms with Gasteiger partial charge in [-0.1, -0.05) is 91.0 Å². The number of hydrogen-bond donors (Lipinski definition) is 1. The third-order valence-corrected chi connectivity index (χ3v) is 8.23. The van der Waals surface area contributed by atoms with Crippen LogP contribution in [-0.2, 0) is 16.6 Å². The van der Waals surface area contributed by atoms with Gasteiger partial charge in [-0.25, -0.2) is 18.1 Å². The summed E-state index contributed by atoms with van der Waals surface area (Å²) in [6.07, 6.45) is 5.65. The van der Waals surface area contributed by atoms with Gasteiger partial charge in [0, 0.05) is 10.6 Å². The first-order valence-electron chi connectivity index (χ1n) is 12.5. The molecule has 0 aliphatic carbocycles. The van der Waals surface area contributed by atoms with Gasteiger partial charge in [-0.3, -0.25) is 4.79 Å². The highest BCUT2D eigenvalue weighted by molar-refractivity contribution is 7.90. The molecule has 0 unspecified atom stereocenters. The van der Waals surface area contributed by atoms with Crippen molar-refractivity contribution in [2.24, 2.45) is 0 Å². The largest absolute Gasteiger partial charge is 0.324 e. The molecule has 6 nitrogen and oxygen atoms in total. The van der Waals surface area contributed by atoms with Gasteiger partial charge in [-0.15, -0.1) is 0 Å². The number of amides is 1. The Morgan fingerprint density at radius 3 is 2.33 bits per heavy atom. The van der Waals surface area contributed by atoms with Crippen LogP contribution in [0.1, 0.15) is 38.4 Å². The number of aromatic nitrogens is 2. The van der Waals surface area contributed by atoms with Crippen LogP contribution in [0.3, 0.4) is 0 Å². The fourth-order valence-electron chi connectivity index (χ4n) is 4.33. The van der Waals surface area contributed by atoms with Gasteiger partial charge < -0.3 is 4.57 Å². The molecule has 0 aliphatic rings. The second-order valence-electron chi connectivity index (χ2n) is 9.25. The van der Waals surface area contributed by atoms with Crippen molar-refractivity contribution in [3.63, 3.8) is 0 Å². The third kappa shape index (κ3) is 5.91. The highest BCUT2D eigenvalue weighted by Gasteiger charge is 2.20. The standard InChI is InChI=1S/C32H26ClN3O3S/c1-3-23-12-16-28(17-13-23)40(38,39)35-32(37)26-15-18-30-31(20-26)36(22(2)34-30)21-27-14-11-25(19-29(27)33)10-9-24-7-5-4-6-8-24/h3-20H,1,21H2,2H3,(H,35,37)/b10-9+. The molecule has 0 bridgehead atoms. The zero-order valence-electron chi connectivity index (χ0n) is 21.7. The minimum absolute atomic E-state index is 0.00915. The van der Waals surface area contributed by atoms with Crippen molar-refractivity contribution in [3.8, 4) is 0 Å². The van der Waals surface area contributed by atoms with Gasteiger partial charge in [0.15, 0.2) is 0 Å². The Bertz CT molecular complexity index is 1860. The van der Waals surface area contributed by atoms with Crippen LogP contribution in [0.15, 0.2) is 102 Å². The van der Waals surface area contributed by atoms with Gasteiger partial charge in [0.05, 0.1) is 22.5 Å². The van der Waals surface area contributed by atoms with E-state index in [1.807, 2.05) is 72.2 Å². The van der Waals surface area contributed by atoms with Gasteiger partial charge in [-0.2, -0.15) is 0 Å². The minimum Gasteiger partial charge on any atom is -0.324 e. The van der Waals surface area contributed by atoms with Crippen molar-refractivity contribution in [2.75, 3.05) is 0 Å². The molecule has 5 rings (SSSR count). The van der Waals surface area contributed by atoms with E-state index < -0.39 is 15.9 Å². The van der Waals surface area contributed by atoms with E-state index >= 15 is 0 Å². The summed E-state index contributed by atoms with van der Waals surface area (Å²) in [6.45, 7) is 5.97. The maximum absolute atomic E-state index is 13.0. The van der Waals surface area contributed by atoms with E-state index in [1.54, 1.807) is 36.4 Å². The van der Waals surface area contributed by atoms with Crippen molar-refractivity contribution >= 4 is 56.8 Å². The molecule has 4 aromatic carbocycles. The normalized spacial score (nSPS) is 11.7. The molecular formula is C32H26ClN3O3S. The van der Waals surface area contributed by atoms with Gasteiger partial charge in [0.2, 0.25) is 0 Å². The van der Waals surface area contributed by atoms with Crippen molar-refractivity contribution < 1.29 is 13.2 Å². The van der Waals surface area contributed by atoms with Crippen molar-refractivity contribution in [1.29, 1.82) is 0 Å². The van der Waals surface area contributed by atoms with Crippen molar-refractivity contribution in [3.05, 3.63) is 136 Å². The van der Waals surface area contributed by atoms with E-state index in [1.165, 1.54) is 12.1 Å². The fraction of sp³-hybridized carbons (Fsp3) is 0.0625. The summed E-state index contributed by atoms with van der Waals surface area (Å²) in [5.74, 6) is 0.0132. The molecule has 0 saturated heterocycles. The molecular weight excluding hydrogens is 542 g/mol. The zero-order chi connectivity index (χ0) is 28.3. The maximum Gasteiger partial charge on any atom is 0.265 e. The Morgan fingerprint density at radius 2 is 1.62 bits per heavy atom. The molecule has 0 aliphatic heterocycles. The summed E-state index contributed by atoms with van der Waals surface area (Å²) in [5.41, 5.74) is 5.33. The molecule has 1 heterocycles. The van der Waals surface area contributed by atoms with E-state index in [9.17, 15) is 13.2 Å². The lowest BCUT2D eigenvalue weighted by atomic mass is 10.1. The Balaban J connectivity index is 1.38. The van der Waals surface area contributed by atoms with Gasteiger partial charge >= 0.3 is 0 Å². The number of halogens is 1. The van der Waals surface area contributed by atoms with E-state index in [2.05, 4.69) is 16.3 Å². The van der Waals surface area contributed by atoms with Gasteiger partial charge in [0.25, 0.3) is 15.9 Å². The van der Waals surface area contributed by atoms with Crippen LogP contribution < -0.4 is 4.72 Å². The molecule has 200 valence electrons. The average molecular weight is 568 g/mol. The number of fused-ring (bicyclic) bond motifs is 1. The summed E-state index contributed by atoms with van der Waals surface area (Å²) >= 11 is 6.66. The number of carbonyl (C=O) groups is 1. The van der Waals surface area contributed by atoms with Crippen LogP contribution in [0.2, 0.25) is 5.02 Å². The van der Waals surface area contributed by atoms with Crippen LogP contribution in [0, 0.1) is 6.92 Å². The predicted octanol–water partition coefficient (Wildman–Crippen LogP) is 6.98. The Labute approximate surface area is 238 Å². The number of benzene rings is 4. The van der Waals surface area contributed by atoms with E-state index in [0.717, 1.165) is 28.1 Å². The molecule has 8 heteroatoms. The summed E-state index contributed by atoms with van der Waals surface area (Å²) < 4.78 is 29.7. The molecule has 0 radical (unpaired) electrons. The first-order valence-corrected chi connectivity index (χ1v) is 14.4. The lowest BCUT2D eigenvalue weighted by molar-refractivity contribution is 0.0981. The second-order valence-corrected chi connectivity index (χ2v) is 11.3. The monoisotopic (exact) mass is 567 g/mol. The molecule has 1 amide bonds. The van der Waals surface area contributed by atoms with E-state index in [4.69, 9.17) is 11.6 Å². The highest BCUT2D eigenvalue weighted by atomic mass is 35.5. The SMILES string of the molecule is C=Cc1ccc(S(=O)(=O)NC(=O)c2ccc3nc(C)n(Cc4ccc(/C=C/c5ccccc5)cc4Cl)c3c2)cc1. The van der Waals surface area contributed by atoms with Gasteiger partial charge in [-0.05, 0) is 65.6 Å². The summed E-state index contributed by atoms with van der Waals surface area (Å²) in [6, 6.07) is 26.9. The Kier molecular flexibility index (Phi) is 7.69. The maximum atomic E-state index is 13.0. The number of imidazole rings is 1.